The van der Waals surface area contributed by atoms with Gasteiger partial charge >= 0.3 is 0 Å². The molecule has 0 spiro atoms. The summed E-state index contributed by atoms with van der Waals surface area (Å²) < 4.78 is 5.54. The molecular weight excluding hydrogens is 467 g/mol. The normalized spacial score (nSPS) is 20.0. The van der Waals surface area contributed by atoms with Crippen molar-refractivity contribution in [3.63, 3.8) is 0 Å². The summed E-state index contributed by atoms with van der Waals surface area (Å²) >= 11 is 0. The second kappa shape index (κ2) is 12.3. The van der Waals surface area contributed by atoms with Crippen molar-refractivity contribution in [2.24, 2.45) is 4.99 Å². The number of carbonyl (C=O) groups is 1. The predicted molar refractivity (Wildman–Crippen MR) is 123 cm³/mol. The number of amides is 1. The minimum absolute atomic E-state index is 0. The van der Waals surface area contributed by atoms with Crippen LogP contribution in [0.3, 0.4) is 0 Å². The number of halogens is 1. The Balaban J connectivity index is 0.00000280. The zero-order valence-corrected chi connectivity index (χ0v) is 19.1. The number of aliphatic imine (C=N–C) groups is 1. The van der Waals surface area contributed by atoms with Gasteiger partial charge in [-0.25, -0.2) is 0 Å². The highest BCUT2D eigenvalue weighted by Crippen LogP contribution is 2.16. The van der Waals surface area contributed by atoms with Gasteiger partial charge in [0.2, 0.25) is 0 Å². The lowest BCUT2D eigenvalue weighted by Gasteiger charge is -2.37. The van der Waals surface area contributed by atoms with Crippen molar-refractivity contribution in [3.8, 4) is 0 Å². The van der Waals surface area contributed by atoms with E-state index in [-0.39, 0.29) is 36.0 Å². The smallest absolute Gasteiger partial charge is 0.251 e. The standard InChI is InChI=1S/C21H32N4O2.HI/c1-2-22-21(23-12-6-10-18-8-4-3-5-9-18)25-15-13-24(14-16-25)20(26)19-11-7-17-27-19;/h3-5,8-9,19H,2,6-7,10-17H2,1H3,(H,22,23);1H. The molecule has 2 fully saturated rings. The number of rotatable bonds is 6. The molecule has 1 unspecified atom stereocenters. The first-order valence-corrected chi connectivity index (χ1v) is 10.3. The van der Waals surface area contributed by atoms with Crippen LogP contribution in [0.1, 0.15) is 31.7 Å². The molecule has 3 rings (SSSR count). The Bertz CT molecular complexity index is 612. The Hall–Kier alpha value is -1.35. The molecule has 0 aromatic heterocycles. The second-order valence-electron chi connectivity index (χ2n) is 7.14. The largest absolute Gasteiger partial charge is 0.368 e. The number of nitrogens with zero attached hydrogens (tertiary/aromatic N) is 3. The van der Waals surface area contributed by atoms with Crippen LogP contribution in [0, 0.1) is 0 Å². The molecule has 2 heterocycles. The van der Waals surface area contributed by atoms with E-state index in [4.69, 9.17) is 9.73 Å². The number of piperazine rings is 1. The van der Waals surface area contributed by atoms with Crippen molar-refractivity contribution in [2.45, 2.75) is 38.7 Å². The van der Waals surface area contributed by atoms with Crippen molar-refractivity contribution in [1.82, 2.24) is 15.1 Å². The molecule has 156 valence electrons. The van der Waals surface area contributed by atoms with Crippen molar-refractivity contribution in [3.05, 3.63) is 35.9 Å². The fraction of sp³-hybridized carbons (Fsp3) is 0.619. The molecule has 1 amide bonds. The van der Waals surface area contributed by atoms with Gasteiger partial charge in [-0.15, -0.1) is 24.0 Å². The number of carbonyl (C=O) groups excluding carboxylic acids is 1. The summed E-state index contributed by atoms with van der Waals surface area (Å²) in [6.07, 6.45) is 3.74. The molecule has 6 nitrogen and oxygen atoms in total. The van der Waals surface area contributed by atoms with Gasteiger partial charge in [-0.05, 0) is 38.2 Å². The summed E-state index contributed by atoms with van der Waals surface area (Å²) in [6, 6.07) is 10.5. The lowest BCUT2D eigenvalue weighted by Crippen LogP contribution is -2.55. The van der Waals surface area contributed by atoms with Crippen LogP contribution in [0.4, 0.5) is 0 Å². The summed E-state index contributed by atoms with van der Waals surface area (Å²) in [7, 11) is 0. The van der Waals surface area contributed by atoms with Gasteiger partial charge < -0.3 is 19.9 Å². The number of guanidine groups is 1. The lowest BCUT2D eigenvalue weighted by molar-refractivity contribution is -0.142. The molecule has 0 saturated carbocycles. The van der Waals surface area contributed by atoms with Gasteiger partial charge in [-0.2, -0.15) is 0 Å². The van der Waals surface area contributed by atoms with Crippen LogP contribution in [0.2, 0.25) is 0 Å². The van der Waals surface area contributed by atoms with Crippen LogP contribution < -0.4 is 5.32 Å². The Labute approximate surface area is 185 Å². The van der Waals surface area contributed by atoms with Crippen LogP contribution in [-0.4, -0.2) is 73.6 Å². The Kier molecular flexibility index (Phi) is 10.0. The van der Waals surface area contributed by atoms with Crippen molar-refractivity contribution < 1.29 is 9.53 Å². The topological polar surface area (TPSA) is 57.2 Å². The van der Waals surface area contributed by atoms with E-state index in [1.165, 1.54) is 5.56 Å². The zero-order valence-electron chi connectivity index (χ0n) is 16.8. The highest BCUT2D eigenvalue weighted by Gasteiger charge is 2.30. The molecule has 0 bridgehead atoms. The van der Waals surface area contributed by atoms with Gasteiger partial charge in [0.25, 0.3) is 5.91 Å². The van der Waals surface area contributed by atoms with Crippen molar-refractivity contribution in [1.29, 1.82) is 0 Å². The third kappa shape index (κ3) is 6.62. The molecule has 0 radical (unpaired) electrons. The van der Waals surface area contributed by atoms with Crippen LogP contribution in [0.5, 0.6) is 0 Å². The maximum atomic E-state index is 12.5. The number of benzene rings is 1. The van der Waals surface area contributed by atoms with E-state index >= 15 is 0 Å². The van der Waals surface area contributed by atoms with E-state index < -0.39 is 0 Å². The summed E-state index contributed by atoms with van der Waals surface area (Å²) in [5.41, 5.74) is 1.36. The highest BCUT2D eigenvalue weighted by atomic mass is 127. The number of hydrogen-bond donors (Lipinski definition) is 1. The second-order valence-corrected chi connectivity index (χ2v) is 7.14. The maximum absolute atomic E-state index is 12.5. The van der Waals surface area contributed by atoms with Gasteiger partial charge in [-0.3, -0.25) is 9.79 Å². The van der Waals surface area contributed by atoms with E-state index in [1.54, 1.807) is 0 Å². The first-order valence-electron chi connectivity index (χ1n) is 10.3. The molecule has 2 saturated heterocycles. The van der Waals surface area contributed by atoms with Gasteiger partial charge in [0.05, 0.1) is 0 Å². The van der Waals surface area contributed by atoms with Crippen molar-refractivity contribution in [2.75, 3.05) is 45.9 Å². The third-order valence-electron chi connectivity index (χ3n) is 5.16. The fourth-order valence-electron chi connectivity index (χ4n) is 3.65. The van der Waals surface area contributed by atoms with E-state index in [1.807, 2.05) is 11.0 Å². The molecule has 1 aromatic rings. The van der Waals surface area contributed by atoms with Gasteiger partial charge in [0, 0.05) is 45.9 Å². The quantitative estimate of drug-likeness (QED) is 0.283. The highest BCUT2D eigenvalue weighted by molar-refractivity contribution is 14.0. The summed E-state index contributed by atoms with van der Waals surface area (Å²) in [5.74, 6) is 1.13. The lowest BCUT2D eigenvalue weighted by atomic mass is 10.1. The number of aryl methyl sites for hydroxylation is 1. The zero-order chi connectivity index (χ0) is 18.9. The molecule has 7 heteroatoms. The summed E-state index contributed by atoms with van der Waals surface area (Å²) in [5, 5.41) is 3.40. The van der Waals surface area contributed by atoms with E-state index in [0.717, 1.165) is 77.5 Å². The van der Waals surface area contributed by atoms with Crippen LogP contribution in [-0.2, 0) is 16.0 Å². The van der Waals surface area contributed by atoms with Gasteiger partial charge in [-0.1, -0.05) is 30.3 Å². The van der Waals surface area contributed by atoms with Crippen LogP contribution >= 0.6 is 24.0 Å². The average Bonchev–Trinajstić information content (AvgIpc) is 3.26. The molecule has 1 aromatic carbocycles. The maximum Gasteiger partial charge on any atom is 0.251 e. The summed E-state index contributed by atoms with van der Waals surface area (Å²) in [4.78, 5) is 21.5. The SMILES string of the molecule is CCNC(=NCCCc1ccccc1)N1CCN(C(=O)C2CCCO2)CC1.I. The molecule has 1 N–H and O–H groups in total. The monoisotopic (exact) mass is 500 g/mol. The van der Waals surface area contributed by atoms with E-state index in [9.17, 15) is 4.79 Å². The van der Waals surface area contributed by atoms with Gasteiger partial charge in [0.15, 0.2) is 5.96 Å². The first kappa shape index (κ1) is 22.9. The van der Waals surface area contributed by atoms with Crippen molar-refractivity contribution >= 4 is 35.8 Å². The summed E-state index contributed by atoms with van der Waals surface area (Å²) in [6.45, 7) is 7.61. The van der Waals surface area contributed by atoms with Gasteiger partial charge in [0.1, 0.15) is 6.10 Å². The molecule has 28 heavy (non-hydrogen) atoms. The van der Waals surface area contributed by atoms with E-state index in [2.05, 4.69) is 41.4 Å². The van der Waals surface area contributed by atoms with Crippen LogP contribution in [0.15, 0.2) is 35.3 Å². The molecule has 2 aliphatic rings. The Morgan fingerprint density at radius 2 is 1.89 bits per heavy atom. The minimum atomic E-state index is -0.212. The van der Waals surface area contributed by atoms with E-state index in [0.29, 0.717) is 0 Å². The Morgan fingerprint density at radius 1 is 1.18 bits per heavy atom. The predicted octanol–water partition coefficient (Wildman–Crippen LogP) is 2.53. The van der Waals surface area contributed by atoms with Crippen LogP contribution in [0.25, 0.3) is 0 Å². The first-order chi connectivity index (χ1) is 13.3. The minimum Gasteiger partial charge on any atom is -0.368 e. The number of hydrogen-bond acceptors (Lipinski definition) is 3. The third-order valence-corrected chi connectivity index (χ3v) is 5.16. The number of ether oxygens (including phenoxy) is 1. The Morgan fingerprint density at radius 3 is 2.54 bits per heavy atom. The fourth-order valence-corrected chi connectivity index (χ4v) is 3.65. The molecule has 2 aliphatic heterocycles. The molecule has 0 aliphatic carbocycles. The average molecular weight is 500 g/mol. The molecule has 1 atom stereocenters. The molecular formula is C21H33IN4O2. The number of nitrogens with one attached hydrogen (secondary N) is 1.